The molecule has 0 unspecified atom stereocenters. The predicted molar refractivity (Wildman–Crippen MR) is 74.3 cm³/mol. The zero-order valence-electron chi connectivity index (χ0n) is 11.0. The van der Waals surface area contributed by atoms with Gasteiger partial charge >= 0.3 is 0 Å². The van der Waals surface area contributed by atoms with Crippen molar-refractivity contribution in [2.24, 2.45) is 7.05 Å². The molecule has 0 amide bonds. The van der Waals surface area contributed by atoms with Crippen LogP contribution in [-0.2, 0) is 13.6 Å². The molecule has 0 aliphatic heterocycles. The van der Waals surface area contributed by atoms with Gasteiger partial charge in [0.1, 0.15) is 23.6 Å². The van der Waals surface area contributed by atoms with Crippen LogP contribution < -0.4 is 5.32 Å². The average Bonchev–Trinajstić information content (AvgIpc) is 2.99. The Labute approximate surface area is 111 Å². The highest BCUT2D eigenvalue weighted by Gasteiger charge is 2.08. The monoisotopic (exact) mass is 256 g/mol. The number of nitrogens with zero attached hydrogens (tertiary/aromatic N) is 5. The first-order valence-electron chi connectivity index (χ1n) is 6.34. The Bertz CT molecular complexity index is 696. The van der Waals surface area contributed by atoms with Crippen molar-refractivity contribution < 1.29 is 0 Å². The molecule has 0 fully saturated rings. The van der Waals surface area contributed by atoms with E-state index in [1.54, 1.807) is 12.5 Å². The fraction of sp³-hybridized carbons (Fsp3) is 0.308. The first-order chi connectivity index (χ1) is 9.29. The fourth-order valence-electron chi connectivity index (χ4n) is 2.13. The molecular weight excluding hydrogens is 240 g/mol. The molecule has 0 radical (unpaired) electrons. The van der Waals surface area contributed by atoms with Crippen LogP contribution in [0.5, 0.6) is 0 Å². The Morgan fingerprint density at radius 2 is 2.16 bits per heavy atom. The van der Waals surface area contributed by atoms with Gasteiger partial charge in [-0.15, -0.1) is 0 Å². The largest absolute Gasteiger partial charge is 0.335 e. The van der Waals surface area contributed by atoms with E-state index in [9.17, 15) is 0 Å². The van der Waals surface area contributed by atoms with Gasteiger partial charge in [-0.3, -0.25) is 0 Å². The quantitative estimate of drug-likeness (QED) is 0.778. The molecule has 0 saturated carbocycles. The Morgan fingerprint density at radius 1 is 1.26 bits per heavy atom. The van der Waals surface area contributed by atoms with Crippen molar-refractivity contribution in [3.8, 4) is 0 Å². The zero-order chi connectivity index (χ0) is 13.2. The molecular formula is C13H16N6. The summed E-state index contributed by atoms with van der Waals surface area (Å²) in [4.78, 5) is 8.60. The summed E-state index contributed by atoms with van der Waals surface area (Å²) in [5, 5.41) is 8.63. The van der Waals surface area contributed by atoms with Gasteiger partial charge in [-0.1, -0.05) is 6.92 Å². The van der Waals surface area contributed by atoms with Gasteiger partial charge in [-0.05, 0) is 12.5 Å². The van der Waals surface area contributed by atoms with E-state index >= 15 is 0 Å². The Morgan fingerprint density at radius 3 is 3.00 bits per heavy atom. The van der Waals surface area contributed by atoms with Crippen LogP contribution in [0.3, 0.4) is 0 Å². The third kappa shape index (κ3) is 2.05. The topological polar surface area (TPSA) is 60.6 Å². The van der Waals surface area contributed by atoms with E-state index in [0.717, 1.165) is 35.6 Å². The summed E-state index contributed by atoms with van der Waals surface area (Å²) in [6.45, 7) is 3.02. The van der Waals surface area contributed by atoms with Gasteiger partial charge in [0.05, 0.1) is 11.6 Å². The highest BCUT2D eigenvalue weighted by Crippen LogP contribution is 2.23. The van der Waals surface area contributed by atoms with Crippen LogP contribution in [0.2, 0.25) is 0 Å². The molecule has 0 bridgehead atoms. The number of nitrogens with one attached hydrogen (secondary N) is 1. The zero-order valence-corrected chi connectivity index (χ0v) is 11.0. The van der Waals surface area contributed by atoms with Crippen LogP contribution >= 0.6 is 0 Å². The second-order valence-electron chi connectivity index (χ2n) is 4.45. The molecule has 6 nitrogen and oxygen atoms in total. The average molecular weight is 256 g/mol. The summed E-state index contributed by atoms with van der Waals surface area (Å²) >= 11 is 0. The maximum absolute atomic E-state index is 4.32. The van der Waals surface area contributed by atoms with Gasteiger partial charge in [-0.2, -0.15) is 5.10 Å². The lowest BCUT2D eigenvalue weighted by atomic mass is 10.3. The fourth-order valence-corrected chi connectivity index (χ4v) is 2.13. The van der Waals surface area contributed by atoms with Crippen LogP contribution in [0.25, 0.3) is 11.0 Å². The van der Waals surface area contributed by atoms with Gasteiger partial charge < -0.3 is 9.88 Å². The van der Waals surface area contributed by atoms with Crippen LogP contribution in [-0.4, -0.2) is 24.3 Å². The van der Waals surface area contributed by atoms with E-state index in [1.165, 1.54) is 0 Å². The predicted octanol–water partition coefficient (Wildman–Crippen LogP) is 2.32. The molecule has 3 heterocycles. The molecule has 0 saturated heterocycles. The molecule has 98 valence electrons. The standard InChI is InChI=1S/C13H16N6/c1-3-7-19-11(4-6-16-19)17-12-10-5-8-18(2)13(10)15-9-14-12/h4-6,8-9H,3,7H2,1-2H3,(H,14,15,17). The van der Waals surface area contributed by atoms with Gasteiger partial charge in [0.15, 0.2) is 0 Å². The van der Waals surface area contributed by atoms with Crippen molar-refractivity contribution in [1.29, 1.82) is 0 Å². The minimum atomic E-state index is 0.809. The highest BCUT2D eigenvalue weighted by molar-refractivity contribution is 5.88. The summed E-state index contributed by atoms with van der Waals surface area (Å²) in [7, 11) is 1.97. The number of hydrogen-bond acceptors (Lipinski definition) is 4. The van der Waals surface area contributed by atoms with Crippen molar-refractivity contribution in [1.82, 2.24) is 24.3 Å². The van der Waals surface area contributed by atoms with E-state index in [0.29, 0.717) is 0 Å². The molecule has 3 aromatic heterocycles. The molecule has 19 heavy (non-hydrogen) atoms. The number of aromatic nitrogens is 5. The molecule has 0 spiro atoms. The van der Waals surface area contributed by atoms with E-state index in [-0.39, 0.29) is 0 Å². The van der Waals surface area contributed by atoms with Crippen molar-refractivity contribution in [2.75, 3.05) is 5.32 Å². The van der Waals surface area contributed by atoms with E-state index < -0.39 is 0 Å². The lowest BCUT2D eigenvalue weighted by molar-refractivity contribution is 0.610. The van der Waals surface area contributed by atoms with Crippen LogP contribution in [0.4, 0.5) is 11.6 Å². The van der Waals surface area contributed by atoms with Gasteiger partial charge in [0, 0.05) is 25.9 Å². The van der Waals surface area contributed by atoms with Gasteiger partial charge in [-0.25, -0.2) is 14.6 Å². The summed E-state index contributed by atoms with van der Waals surface area (Å²) < 4.78 is 3.92. The summed E-state index contributed by atoms with van der Waals surface area (Å²) in [5.74, 6) is 1.76. The van der Waals surface area contributed by atoms with E-state index in [1.807, 2.05) is 34.6 Å². The van der Waals surface area contributed by atoms with Gasteiger partial charge in [0.25, 0.3) is 0 Å². The van der Waals surface area contributed by atoms with Gasteiger partial charge in [0.2, 0.25) is 0 Å². The molecule has 0 atom stereocenters. The Kier molecular flexibility index (Phi) is 2.91. The first kappa shape index (κ1) is 11.7. The number of hydrogen-bond donors (Lipinski definition) is 1. The lowest BCUT2D eigenvalue weighted by Crippen LogP contribution is -2.05. The molecule has 3 aromatic rings. The number of anilines is 2. The van der Waals surface area contributed by atoms with Crippen LogP contribution in [0.15, 0.2) is 30.9 Å². The van der Waals surface area contributed by atoms with Crippen molar-refractivity contribution in [2.45, 2.75) is 19.9 Å². The summed E-state index contributed by atoms with van der Waals surface area (Å²) in [5.41, 5.74) is 0.916. The molecule has 0 aromatic carbocycles. The molecule has 1 N–H and O–H groups in total. The van der Waals surface area contributed by atoms with Crippen molar-refractivity contribution >= 4 is 22.7 Å². The third-order valence-corrected chi connectivity index (χ3v) is 3.06. The summed E-state index contributed by atoms with van der Waals surface area (Å²) in [6, 6.07) is 3.96. The SMILES string of the molecule is CCCn1nccc1Nc1ncnc2c1ccn2C. The molecule has 0 aliphatic carbocycles. The maximum atomic E-state index is 4.32. The van der Waals surface area contributed by atoms with Crippen LogP contribution in [0.1, 0.15) is 13.3 Å². The van der Waals surface area contributed by atoms with Crippen molar-refractivity contribution in [3.63, 3.8) is 0 Å². The second-order valence-corrected chi connectivity index (χ2v) is 4.45. The summed E-state index contributed by atoms with van der Waals surface area (Å²) in [6.07, 6.45) is 6.39. The van der Waals surface area contributed by atoms with Crippen LogP contribution in [0, 0.1) is 0 Å². The Hall–Kier alpha value is -2.37. The van der Waals surface area contributed by atoms with E-state index in [2.05, 4.69) is 27.3 Å². The first-order valence-corrected chi connectivity index (χ1v) is 6.34. The number of fused-ring (bicyclic) bond motifs is 1. The van der Waals surface area contributed by atoms with E-state index in [4.69, 9.17) is 0 Å². The van der Waals surface area contributed by atoms with Crippen molar-refractivity contribution in [3.05, 3.63) is 30.9 Å². The minimum Gasteiger partial charge on any atom is -0.335 e. The molecule has 3 rings (SSSR count). The lowest BCUT2D eigenvalue weighted by Gasteiger charge is -2.09. The maximum Gasteiger partial charge on any atom is 0.145 e. The smallest absolute Gasteiger partial charge is 0.145 e. The third-order valence-electron chi connectivity index (χ3n) is 3.06. The molecule has 0 aliphatic rings. The normalized spacial score (nSPS) is 11.1. The number of rotatable bonds is 4. The molecule has 6 heteroatoms. The second kappa shape index (κ2) is 4.72. The number of aryl methyl sites for hydroxylation is 2. The minimum absolute atomic E-state index is 0.809. The Balaban J connectivity index is 1.99. The highest BCUT2D eigenvalue weighted by atomic mass is 15.3.